The first kappa shape index (κ1) is 26.3. The molecule has 2 aromatic carbocycles. The number of nitrogens with one attached hydrogen (secondary N) is 1. The summed E-state index contributed by atoms with van der Waals surface area (Å²) in [6.45, 7) is 2.43. The Morgan fingerprint density at radius 1 is 1.12 bits per heavy atom. The molecule has 0 radical (unpaired) electrons. The van der Waals surface area contributed by atoms with E-state index in [0.717, 1.165) is 59.2 Å². The van der Waals surface area contributed by atoms with Crippen molar-refractivity contribution in [3.8, 4) is 5.75 Å². The summed E-state index contributed by atoms with van der Waals surface area (Å²) in [6, 6.07) is 16.5. The van der Waals surface area contributed by atoms with Crippen LogP contribution in [0.5, 0.6) is 5.75 Å². The number of hydrogen-bond acceptors (Lipinski definition) is 4. The highest BCUT2D eigenvalue weighted by atomic mass is 19.1. The lowest BCUT2D eigenvalue weighted by molar-refractivity contribution is -0.138. The minimum absolute atomic E-state index is 0.00230. The third kappa shape index (κ3) is 5.28. The predicted octanol–water partition coefficient (Wildman–Crippen LogP) is 4.42. The van der Waals surface area contributed by atoms with Gasteiger partial charge in [0.1, 0.15) is 11.6 Å². The minimum Gasteiger partial charge on any atom is -0.497 e. The van der Waals surface area contributed by atoms with E-state index in [1.54, 1.807) is 43.1 Å². The molecule has 2 aliphatic rings. The van der Waals surface area contributed by atoms with Crippen molar-refractivity contribution < 1.29 is 13.9 Å². The van der Waals surface area contributed by atoms with Crippen LogP contribution >= 0.6 is 0 Å². The lowest BCUT2D eigenvalue weighted by atomic mass is 9.80. The van der Waals surface area contributed by atoms with E-state index in [1.165, 1.54) is 6.07 Å². The van der Waals surface area contributed by atoms with Crippen molar-refractivity contribution in [2.45, 2.75) is 44.3 Å². The Labute approximate surface area is 233 Å². The topological polar surface area (TPSA) is 68.5 Å². The summed E-state index contributed by atoms with van der Waals surface area (Å²) >= 11 is 0. The molecule has 2 atom stereocenters. The standard InChI is InChI=1S/C32H35FN4O3/c1-35-13-11-22(15-31(35)38)27-10-12-34-17-29(27)32(39)37(25-6-7-25)20-23-19-36(18-21-4-3-5-24(33)14-21)30-16-26(40-2)8-9-28(23)30/h3-5,8-9,11,13-16,19,25,27,29,34H,6-7,10,12,17-18,20H2,1-2H3/t27-,29?/m1/s1. The fourth-order valence-electron chi connectivity index (χ4n) is 6.04. The predicted molar refractivity (Wildman–Crippen MR) is 153 cm³/mol. The molecule has 1 aliphatic heterocycles. The van der Waals surface area contributed by atoms with Crippen molar-refractivity contribution in [3.63, 3.8) is 0 Å². The zero-order valence-corrected chi connectivity index (χ0v) is 23.0. The number of nitrogens with zero attached hydrogens (tertiary/aromatic N) is 3. The van der Waals surface area contributed by atoms with Crippen LogP contribution in [0.1, 0.15) is 41.9 Å². The van der Waals surface area contributed by atoms with Crippen LogP contribution in [0.4, 0.5) is 4.39 Å². The number of carbonyl (C=O) groups is 1. The molecule has 208 valence electrons. The largest absolute Gasteiger partial charge is 0.497 e. The molecule has 2 aromatic heterocycles. The smallest absolute Gasteiger partial charge is 0.250 e. The molecular formula is C32H35FN4O3. The summed E-state index contributed by atoms with van der Waals surface area (Å²) in [5, 5.41) is 4.47. The van der Waals surface area contributed by atoms with E-state index in [2.05, 4.69) is 21.0 Å². The van der Waals surface area contributed by atoms with Crippen LogP contribution in [0.25, 0.3) is 10.9 Å². The van der Waals surface area contributed by atoms with Gasteiger partial charge in [0, 0.05) is 62.6 Å². The van der Waals surface area contributed by atoms with E-state index >= 15 is 0 Å². The second kappa shape index (κ2) is 10.9. The normalized spacial score (nSPS) is 19.1. The second-order valence-corrected chi connectivity index (χ2v) is 11.1. The molecule has 6 rings (SSSR count). The number of hydrogen-bond donors (Lipinski definition) is 1. The lowest BCUT2D eigenvalue weighted by Crippen LogP contribution is -2.47. The van der Waals surface area contributed by atoms with Gasteiger partial charge in [-0.15, -0.1) is 0 Å². The number of methoxy groups -OCH3 is 1. The molecular weight excluding hydrogens is 507 g/mol. The summed E-state index contributed by atoms with van der Waals surface area (Å²) in [7, 11) is 3.39. The van der Waals surface area contributed by atoms with Gasteiger partial charge in [-0.3, -0.25) is 9.59 Å². The molecule has 3 heterocycles. The number of carbonyl (C=O) groups excluding carboxylic acids is 1. The Bertz CT molecular complexity index is 1610. The average molecular weight is 543 g/mol. The second-order valence-electron chi connectivity index (χ2n) is 11.1. The highest BCUT2D eigenvalue weighted by Gasteiger charge is 2.40. The van der Waals surface area contributed by atoms with Crippen molar-refractivity contribution in [1.29, 1.82) is 0 Å². The first-order valence-corrected chi connectivity index (χ1v) is 14.0. The first-order valence-electron chi connectivity index (χ1n) is 14.0. The molecule has 1 amide bonds. The molecule has 40 heavy (non-hydrogen) atoms. The van der Waals surface area contributed by atoms with Gasteiger partial charge in [0.2, 0.25) is 5.91 Å². The van der Waals surface area contributed by atoms with Gasteiger partial charge in [-0.05, 0) is 78.7 Å². The number of aromatic nitrogens is 2. The van der Waals surface area contributed by atoms with Gasteiger partial charge in [-0.25, -0.2) is 4.39 Å². The van der Waals surface area contributed by atoms with E-state index in [9.17, 15) is 14.0 Å². The molecule has 0 bridgehead atoms. The fraction of sp³-hybridized carbons (Fsp3) is 0.375. The Morgan fingerprint density at radius 2 is 1.98 bits per heavy atom. The summed E-state index contributed by atoms with van der Waals surface area (Å²) < 4.78 is 23.1. The molecule has 1 N–H and O–H groups in total. The van der Waals surface area contributed by atoms with Crippen molar-refractivity contribution in [2.24, 2.45) is 13.0 Å². The van der Waals surface area contributed by atoms with Crippen molar-refractivity contribution >= 4 is 16.8 Å². The molecule has 4 aromatic rings. The molecule has 1 saturated carbocycles. The molecule has 1 saturated heterocycles. The number of ether oxygens (including phenoxy) is 1. The van der Waals surface area contributed by atoms with Crippen LogP contribution in [0.3, 0.4) is 0 Å². The maximum absolute atomic E-state index is 14.2. The third-order valence-electron chi connectivity index (χ3n) is 8.38. The molecule has 1 aliphatic carbocycles. The average Bonchev–Trinajstić information content (AvgIpc) is 3.76. The van der Waals surface area contributed by atoms with Crippen molar-refractivity contribution in [1.82, 2.24) is 19.4 Å². The molecule has 2 fully saturated rings. The van der Waals surface area contributed by atoms with E-state index in [0.29, 0.717) is 19.6 Å². The van der Waals surface area contributed by atoms with Gasteiger partial charge < -0.3 is 24.1 Å². The number of fused-ring (bicyclic) bond motifs is 1. The molecule has 0 spiro atoms. The number of halogens is 1. The molecule has 1 unspecified atom stereocenters. The van der Waals surface area contributed by atoms with E-state index < -0.39 is 0 Å². The van der Waals surface area contributed by atoms with E-state index in [-0.39, 0.29) is 35.2 Å². The summed E-state index contributed by atoms with van der Waals surface area (Å²) in [5.74, 6) is 0.395. The number of benzene rings is 2. The maximum Gasteiger partial charge on any atom is 0.250 e. The third-order valence-corrected chi connectivity index (χ3v) is 8.38. The van der Waals surface area contributed by atoms with Crippen molar-refractivity contribution in [2.75, 3.05) is 20.2 Å². The van der Waals surface area contributed by atoms with Crippen LogP contribution < -0.4 is 15.6 Å². The van der Waals surface area contributed by atoms with Crippen LogP contribution in [0.15, 0.2) is 71.8 Å². The van der Waals surface area contributed by atoms with Gasteiger partial charge in [0.25, 0.3) is 5.56 Å². The molecule has 8 heteroatoms. The van der Waals surface area contributed by atoms with Crippen LogP contribution in [-0.4, -0.2) is 46.2 Å². The van der Waals surface area contributed by atoms with Gasteiger partial charge in [0.15, 0.2) is 0 Å². The highest BCUT2D eigenvalue weighted by molar-refractivity contribution is 5.87. The van der Waals surface area contributed by atoms with Crippen LogP contribution in [0, 0.1) is 11.7 Å². The zero-order chi connectivity index (χ0) is 27.8. The van der Waals surface area contributed by atoms with Crippen LogP contribution in [0.2, 0.25) is 0 Å². The first-order chi connectivity index (χ1) is 19.4. The molecule has 7 nitrogen and oxygen atoms in total. The number of rotatable bonds is 8. The maximum atomic E-state index is 14.2. The van der Waals surface area contributed by atoms with Gasteiger partial charge in [-0.1, -0.05) is 12.1 Å². The van der Waals surface area contributed by atoms with Crippen LogP contribution in [-0.2, 0) is 24.9 Å². The number of pyridine rings is 1. The Hall–Kier alpha value is -3.91. The lowest BCUT2D eigenvalue weighted by Gasteiger charge is -2.35. The Morgan fingerprint density at radius 3 is 2.73 bits per heavy atom. The number of piperidine rings is 1. The van der Waals surface area contributed by atoms with E-state index in [4.69, 9.17) is 4.74 Å². The Balaban J connectivity index is 1.33. The van der Waals surface area contributed by atoms with Gasteiger partial charge in [0.05, 0.1) is 18.5 Å². The van der Waals surface area contributed by atoms with E-state index in [1.807, 2.05) is 30.3 Å². The van der Waals surface area contributed by atoms with Gasteiger partial charge in [-0.2, -0.15) is 0 Å². The van der Waals surface area contributed by atoms with Crippen molar-refractivity contribution in [3.05, 3.63) is 99.9 Å². The monoisotopic (exact) mass is 542 g/mol. The number of aryl methyl sites for hydroxylation is 1. The summed E-state index contributed by atoms with van der Waals surface area (Å²) in [6.07, 6.45) is 6.70. The summed E-state index contributed by atoms with van der Waals surface area (Å²) in [4.78, 5) is 28.7. The fourth-order valence-corrected chi connectivity index (χ4v) is 6.04. The zero-order valence-electron chi connectivity index (χ0n) is 23.0. The quantitative estimate of drug-likeness (QED) is 0.358. The number of amides is 1. The van der Waals surface area contributed by atoms with Gasteiger partial charge >= 0.3 is 0 Å². The Kier molecular flexibility index (Phi) is 7.19. The minimum atomic E-state index is -0.260. The SMILES string of the molecule is COc1ccc2c(CN(C(=O)C3CNCC[C@@H]3c3ccn(C)c(=O)c3)C3CC3)cn(Cc3cccc(F)c3)c2c1. The summed E-state index contributed by atoms with van der Waals surface area (Å²) in [5.41, 5.74) is 3.80. The highest BCUT2D eigenvalue weighted by Crippen LogP contribution is 2.37.